The fourth-order valence-electron chi connectivity index (χ4n) is 2.85. The molecule has 26 heavy (non-hydrogen) atoms. The smallest absolute Gasteiger partial charge is 0.271 e. The Hall–Kier alpha value is -2.41. The Morgan fingerprint density at radius 2 is 1.77 bits per heavy atom. The van der Waals surface area contributed by atoms with E-state index in [1.807, 2.05) is 31.2 Å². The third-order valence-electron chi connectivity index (χ3n) is 4.25. The fourth-order valence-corrected chi connectivity index (χ4v) is 3.48. The molecule has 0 aliphatic rings. The van der Waals surface area contributed by atoms with Crippen molar-refractivity contribution in [1.29, 1.82) is 0 Å². The Morgan fingerprint density at radius 1 is 1.08 bits per heavy atom. The monoisotopic (exact) mass is 457 g/mol. The average Bonchev–Trinajstić information content (AvgIpc) is 2.90. The second-order valence-electron chi connectivity index (χ2n) is 6.18. The number of hydrazone groups is 1. The molecule has 0 spiro atoms. The molecule has 132 valence electrons. The van der Waals surface area contributed by atoms with Crippen molar-refractivity contribution in [3.05, 3.63) is 86.2 Å². The molecule has 0 aliphatic carbocycles. The van der Waals surface area contributed by atoms with Gasteiger partial charge in [0, 0.05) is 26.1 Å². The van der Waals surface area contributed by atoms with E-state index in [4.69, 9.17) is 0 Å². The quantitative estimate of drug-likeness (QED) is 0.343. The van der Waals surface area contributed by atoms with Crippen molar-refractivity contribution in [2.24, 2.45) is 5.10 Å². The number of carbonyl (C=O) groups is 1. The van der Waals surface area contributed by atoms with Crippen LogP contribution in [0, 0.1) is 24.3 Å². The zero-order valence-corrected chi connectivity index (χ0v) is 17.1. The summed E-state index contributed by atoms with van der Waals surface area (Å²) in [6.45, 7) is 6.11. The van der Waals surface area contributed by atoms with Gasteiger partial charge in [0.1, 0.15) is 0 Å². The summed E-state index contributed by atoms with van der Waals surface area (Å²) in [4.78, 5) is 12.1. The maximum atomic E-state index is 12.1. The number of para-hydroxylation sites is 1. The van der Waals surface area contributed by atoms with E-state index >= 15 is 0 Å². The molecule has 5 heteroatoms. The summed E-state index contributed by atoms with van der Waals surface area (Å²) >= 11 is 2.34. The summed E-state index contributed by atoms with van der Waals surface area (Å²) in [6.07, 6.45) is 1.70. The lowest BCUT2D eigenvalue weighted by Crippen LogP contribution is -2.17. The van der Waals surface area contributed by atoms with Gasteiger partial charge in [-0.15, -0.1) is 0 Å². The molecule has 0 radical (unpaired) electrons. The van der Waals surface area contributed by atoms with Gasteiger partial charge < -0.3 is 4.57 Å². The van der Waals surface area contributed by atoms with Crippen LogP contribution in [0.1, 0.15) is 32.9 Å². The molecular formula is C21H20IN3O. The predicted octanol–water partition coefficient (Wildman–Crippen LogP) is 4.77. The number of amides is 1. The Kier molecular flexibility index (Phi) is 5.56. The molecule has 0 fully saturated rings. The second-order valence-corrected chi connectivity index (χ2v) is 7.34. The van der Waals surface area contributed by atoms with Gasteiger partial charge in [0.2, 0.25) is 0 Å². The zero-order valence-electron chi connectivity index (χ0n) is 15.0. The minimum atomic E-state index is -0.215. The van der Waals surface area contributed by atoms with E-state index in [0.717, 1.165) is 28.2 Å². The number of aromatic nitrogens is 1. The molecular weight excluding hydrogens is 437 g/mol. The van der Waals surface area contributed by atoms with Gasteiger partial charge in [-0.2, -0.15) is 5.10 Å². The van der Waals surface area contributed by atoms with E-state index < -0.39 is 0 Å². The van der Waals surface area contributed by atoms with Gasteiger partial charge in [-0.3, -0.25) is 4.79 Å². The molecule has 1 heterocycles. The Balaban J connectivity index is 1.80. The fraction of sp³-hybridized carbons (Fsp3) is 0.143. The molecule has 1 aromatic heterocycles. The third kappa shape index (κ3) is 3.88. The summed E-state index contributed by atoms with van der Waals surface area (Å²) < 4.78 is 3.38. The molecule has 3 aromatic rings. The topological polar surface area (TPSA) is 46.4 Å². The van der Waals surface area contributed by atoms with Gasteiger partial charge in [0.05, 0.1) is 11.9 Å². The van der Waals surface area contributed by atoms with Crippen LogP contribution in [0.5, 0.6) is 0 Å². The molecule has 2 aromatic carbocycles. The van der Waals surface area contributed by atoms with Crippen molar-refractivity contribution < 1.29 is 4.79 Å². The molecule has 0 saturated heterocycles. The summed E-state index contributed by atoms with van der Waals surface area (Å²) in [5, 5.41) is 4.13. The molecule has 0 aliphatic heterocycles. The van der Waals surface area contributed by atoms with Gasteiger partial charge in [-0.1, -0.05) is 29.8 Å². The predicted molar refractivity (Wildman–Crippen MR) is 114 cm³/mol. The molecule has 0 unspecified atom stereocenters. The summed E-state index contributed by atoms with van der Waals surface area (Å²) in [6, 6.07) is 17.7. The molecule has 1 amide bonds. The number of rotatable bonds is 4. The van der Waals surface area contributed by atoms with E-state index in [1.165, 1.54) is 3.57 Å². The number of hydrogen-bond donors (Lipinski definition) is 1. The number of halogens is 1. The van der Waals surface area contributed by atoms with Crippen molar-refractivity contribution in [2.75, 3.05) is 0 Å². The highest BCUT2D eigenvalue weighted by molar-refractivity contribution is 14.1. The molecule has 4 nitrogen and oxygen atoms in total. The van der Waals surface area contributed by atoms with E-state index in [9.17, 15) is 4.79 Å². The number of carbonyl (C=O) groups excluding carboxylic acids is 1. The van der Waals surface area contributed by atoms with Crippen molar-refractivity contribution in [3.63, 3.8) is 0 Å². The number of hydrogen-bond acceptors (Lipinski definition) is 2. The van der Waals surface area contributed by atoms with Crippen LogP contribution in [0.2, 0.25) is 0 Å². The van der Waals surface area contributed by atoms with Crippen LogP contribution in [-0.2, 0) is 0 Å². The first-order valence-corrected chi connectivity index (χ1v) is 9.39. The van der Waals surface area contributed by atoms with Crippen LogP contribution in [0.25, 0.3) is 5.69 Å². The first-order valence-electron chi connectivity index (χ1n) is 8.31. The van der Waals surface area contributed by atoms with Gasteiger partial charge in [-0.05, 0) is 73.7 Å². The van der Waals surface area contributed by atoms with Crippen molar-refractivity contribution in [2.45, 2.75) is 20.8 Å². The second kappa shape index (κ2) is 7.86. The van der Waals surface area contributed by atoms with Gasteiger partial charge in [0.25, 0.3) is 5.91 Å². The van der Waals surface area contributed by atoms with E-state index in [0.29, 0.717) is 5.56 Å². The number of benzene rings is 2. The van der Waals surface area contributed by atoms with Gasteiger partial charge in [-0.25, -0.2) is 5.43 Å². The lowest BCUT2D eigenvalue weighted by atomic mass is 10.1. The van der Waals surface area contributed by atoms with Crippen LogP contribution < -0.4 is 5.43 Å². The number of aryl methyl sites for hydroxylation is 2. The largest absolute Gasteiger partial charge is 0.317 e. The highest BCUT2D eigenvalue weighted by Gasteiger charge is 2.11. The average molecular weight is 457 g/mol. The lowest BCUT2D eigenvalue weighted by molar-refractivity contribution is 0.0955. The first kappa shape index (κ1) is 18.4. The Bertz CT molecular complexity index is 971. The van der Waals surface area contributed by atoms with Gasteiger partial charge in [0.15, 0.2) is 0 Å². The highest BCUT2D eigenvalue weighted by atomic mass is 127. The molecule has 1 N–H and O–H groups in total. The minimum Gasteiger partial charge on any atom is -0.317 e. The molecule has 3 rings (SSSR count). The maximum Gasteiger partial charge on any atom is 0.271 e. The normalized spacial score (nSPS) is 11.1. The lowest BCUT2D eigenvalue weighted by Gasteiger charge is -2.11. The molecule has 0 atom stereocenters. The summed E-state index contributed by atoms with van der Waals surface area (Å²) in [7, 11) is 0. The SMILES string of the molecule is Cc1ccc(C(=O)N/N=C\c2cc(C)n(-c3ccccc3I)c2C)cc1. The van der Waals surface area contributed by atoms with Crippen molar-refractivity contribution in [3.8, 4) is 5.69 Å². The van der Waals surface area contributed by atoms with Crippen molar-refractivity contribution in [1.82, 2.24) is 9.99 Å². The van der Waals surface area contributed by atoms with Crippen LogP contribution >= 0.6 is 22.6 Å². The standard InChI is InChI=1S/C21H20IN3O/c1-14-8-10-17(11-9-14)21(26)24-23-13-18-12-15(2)25(16(18)3)20-7-5-4-6-19(20)22/h4-13H,1-3H3,(H,24,26)/b23-13-. The van der Waals surface area contributed by atoms with Crippen LogP contribution in [0.3, 0.4) is 0 Å². The van der Waals surface area contributed by atoms with E-state index in [1.54, 1.807) is 18.3 Å². The highest BCUT2D eigenvalue weighted by Crippen LogP contribution is 2.23. The zero-order chi connectivity index (χ0) is 18.7. The summed E-state index contributed by atoms with van der Waals surface area (Å²) in [5.41, 5.74) is 8.64. The third-order valence-corrected chi connectivity index (χ3v) is 5.16. The van der Waals surface area contributed by atoms with E-state index in [-0.39, 0.29) is 5.91 Å². The summed E-state index contributed by atoms with van der Waals surface area (Å²) in [5.74, 6) is -0.215. The Morgan fingerprint density at radius 3 is 2.46 bits per heavy atom. The van der Waals surface area contributed by atoms with Crippen LogP contribution in [0.15, 0.2) is 59.7 Å². The first-order chi connectivity index (χ1) is 12.5. The van der Waals surface area contributed by atoms with Crippen LogP contribution in [0.4, 0.5) is 0 Å². The minimum absolute atomic E-state index is 0.215. The van der Waals surface area contributed by atoms with Gasteiger partial charge >= 0.3 is 0 Å². The van der Waals surface area contributed by atoms with Crippen molar-refractivity contribution >= 4 is 34.7 Å². The number of nitrogens with zero attached hydrogens (tertiary/aromatic N) is 2. The molecule has 0 bridgehead atoms. The molecule has 0 saturated carbocycles. The number of nitrogens with one attached hydrogen (secondary N) is 1. The maximum absolute atomic E-state index is 12.1. The van der Waals surface area contributed by atoms with E-state index in [2.05, 4.69) is 69.7 Å². The Labute approximate surface area is 167 Å². The van der Waals surface area contributed by atoms with Crippen LogP contribution in [-0.4, -0.2) is 16.7 Å².